The van der Waals surface area contributed by atoms with Gasteiger partial charge in [-0.25, -0.2) is 0 Å². The second kappa shape index (κ2) is 6.04. The van der Waals surface area contributed by atoms with Gasteiger partial charge in [0.25, 0.3) is 0 Å². The number of rotatable bonds is 2. The molecule has 0 amide bonds. The molecule has 4 rings (SSSR count). The molecular formula is C19H16BrN. The van der Waals surface area contributed by atoms with E-state index in [4.69, 9.17) is 0 Å². The van der Waals surface area contributed by atoms with Crippen LogP contribution in [0, 0.1) is 62.2 Å². The molecule has 2 saturated carbocycles. The number of nitrogens with zero attached hydrogens (tertiary/aromatic N) is 1. The molecule has 1 aromatic carbocycles. The van der Waals surface area contributed by atoms with Gasteiger partial charge in [0.05, 0.1) is 0 Å². The monoisotopic (exact) mass is 337 g/mol. The van der Waals surface area contributed by atoms with Gasteiger partial charge in [-0.1, -0.05) is 34.1 Å². The van der Waals surface area contributed by atoms with Crippen LogP contribution < -0.4 is 0 Å². The number of likely N-dealkylation sites (tertiary alicyclic amines) is 1. The van der Waals surface area contributed by atoms with E-state index in [0.29, 0.717) is 0 Å². The van der Waals surface area contributed by atoms with Crippen LogP contribution in [0.1, 0.15) is 5.56 Å². The van der Waals surface area contributed by atoms with Crippen LogP contribution in [0.5, 0.6) is 0 Å². The quantitative estimate of drug-likeness (QED) is 0.793. The molecule has 3 aliphatic rings. The Labute approximate surface area is 137 Å². The van der Waals surface area contributed by atoms with Crippen molar-refractivity contribution in [3.63, 3.8) is 0 Å². The number of fused-ring (bicyclic) bond motifs is 3. The molecule has 2 aliphatic carbocycles. The summed E-state index contributed by atoms with van der Waals surface area (Å²) < 4.78 is 1.19. The SMILES string of the molecule is Brc1ccccc1CN1C[C]2[CH][CH][CH][C]2[C]2[CH][CH][CH][C]2C1. The Morgan fingerprint density at radius 1 is 0.857 bits per heavy atom. The highest BCUT2D eigenvalue weighted by Gasteiger charge is 2.45. The molecule has 0 aromatic heterocycles. The summed E-state index contributed by atoms with van der Waals surface area (Å²) in [6.07, 6.45) is 13.3. The first kappa shape index (κ1) is 14.3. The van der Waals surface area contributed by atoms with Crippen molar-refractivity contribution in [2.24, 2.45) is 0 Å². The van der Waals surface area contributed by atoms with E-state index < -0.39 is 0 Å². The van der Waals surface area contributed by atoms with Gasteiger partial charge in [0.1, 0.15) is 0 Å². The van der Waals surface area contributed by atoms with Crippen LogP contribution in [0.2, 0.25) is 0 Å². The molecule has 0 spiro atoms. The summed E-state index contributed by atoms with van der Waals surface area (Å²) in [4.78, 5) is 2.52. The lowest BCUT2D eigenvalue weighted by atomic mass is 9.79. The predicted molar refractivity (Wildman–Crippen MR) is 88.2 cm³/mol. The van der Waals surface area contributed by atoms with Gasteiger partial charge in [-0.3, -0.25) is 4.90 Å². The predicted octanol–water partition coefficient (Wildman–Crippen LogP) is 3.82. The zero-order valence-electron chi connectivity index (χ0n) is 11.7. The van der Waals surface area contributed by atoms with Crippen molar-refractivity contribution >= 4 is 15.9 Å². The van der Waals surface area contributed by atoms with Crippen LogP contribution in [0.25, 0.3) is 0 Å². The second-order valence-corrected chi connectivity index (χ2v) is 6.52. The second-order valence-electron chi connectivity index (χ2n) is 5.67. The summed E-state index contributed by atoms with van der Waals surface area (Å²) in [5.41, 5.74) is 1.35. The minimum atomic E-state index is 0.969. The molecule has 0 bridgehead atoms. The minimum Gasteiger partial charge on any atom is -0.298 e. The maximum atomic E-state index is 3.66. The highest BCUT2D eigenvalue weighted by atomic mass is 79.9. The lowest BCUT2D eigenvalue weighted by molar-refractivity contribution is 0.300. The zero-order valence-corrected chi connectivity index (χ0v) is 13.3. The Kier molecular flexibility index (Phi) is 4.10. The summed E-state index contributed by atoms with van der Waals surface area (Å²) in [6, 6.07) is 8.50. The van der Waals surface area contributed by atoms with Crippen molar-refractivity contribution in [3.8, 4) is 0 Å². The Bertz CT molecular complexity index is 478. The molecule has 10 radical (unpaired) electrons. The van der Waals surface area contributed by atoms with E-state index >= 15 is 0 Å². The maximum Gasteiger partial charge on any atom is 0.0245 e. The first-order valence-electron chi connectivity index (χ1n) is 7.26. The summed E-state index contributed by atoms with van der Waals surface area (Å²) in [6.45, 7) is 2.99. The van der Waals surface area contributed by atoms with Crippen LogP contribution >= 0.6 is 15.9 Å². The Morgan fingerprint density at radius 2 is 1.48 bits per heavy atom. The molecule has 3 fully saturated rings. The molecule has 1 saturated heterocycles. The number of benzene rings is 1. The van der Waals surface area contributed by atoms with E-state index in [0.717, 1.165) is 19.6 Å². The standard InChI is InChI=1S/C19H16BrN/c20-19-10-2-1-5-16(19)13-21-11-14-6-3-8-17(14)18-9-4-7-15(18)12-21/h1-10H,11-13H2. The molecule has 1 nitrogen and oxygen atoms in total. The first-order valence-corrected chi connectivity index (χ1v) is 8.06. The number of hydrogen-bond donors (Lipinski definition) is 0. The highest BCUT2D eigenvalue weighted by molar-refractivity contribution is 9.10. The van der Waals surface area contributed by atoms with Crippen molar-refractivity contribution in [1.29, 1.82) is 0 Å². The van der Waals surface area contributed by atoms with E-state index in [1.165, 1.54) is 33.7 Å². The lowest BCUT2D eigenvalue weighted by Gasteiger charge is -2.25. The third-order valence-electron chi connectivity index (χ3n) is 4.24. The fourth-order valence-corrected chi connectivity index (χ4v) is 3.64. The average Bonchev–Trinajstić information content (AvgIpc) is 3.08. The fraction of sp³-hybridized carbons (Fsp3) is 0.158. The van der Waals surface area contributed by atoms with Crippen molar-refractivity contribution in [2.45, 2.75) is 6.54 Å². The summed E-state index contributed by atoms with van der Waals surface area (Å²) >= 11 is 3.66. The van der Waals surface area contributed by atoms with E-state index in [1.54, 1.807) is 0 Å². The molecular weight excluding hydrogens is 322 g/mol. The fourth-order valence-electron chi connectivity index (χ4n) is 3.23. The van der Waals surface area contributed by atoms with Crippen LogP contribution in [0.3, 0.4) is 0 Å². The Balaban J connectivity index is 1.54. The molecule has 0 atom stereocenters. The van der Waals surface area contributed by atoms with E-state index in [9.17, 15) is 0 Å². The molecule has 2 heteroatoms. The molecule has 1 aliphatic heterocycles. The Hall–Kier alpha value is -0.340. The van der Waals surface area contributed by atoms with Crippen molar-refractivity contribution < 1.29 is 0 Å². The van der Waals surface area contributed by atoms with Crippen molar-refractivity contribution in [2.75, 3.05) is 13.1 Å². The molecule has 0 N–H and O–H groups in total. The van der Waals surface area contributed by atoms with Gasteiger partial charge in [0.2, 0.25) is 0 Å². The van der Waals surface area contributed by atoms with Crippen LogP contribution in [-0.4, -0.2) is 18.0 Å². The maximum absolute atomic E-state index is 3.66. The van der Waals surface area contributed by atoms with Gasteiger partial charge in [-0.05, 0) is 62.0 Å². The van der Waals surface area contributed by atoms with Crippen LogP contribution in [0.15, 0.2) is 28.7 Å². The molecule has 0 unspecified atom stereocenters. The largest absolute Gasteiger partial charge is 0.298 e. The van der Waals surface area contributed by atoms with Crippen LogP contribution in [-0.2, 0) is 6.54 Å². The molecule has 1 heterocycles. The van der Waals surface area contributed by atoms with Gasteiger partial charge in [0.15, 0.2) is 0 Å². The van der Waals surface area contributed by atoms with Gasteiger partial charge in [-0.2, -0.15) is 0 Å². The minimum absolute atomic E-state index is 0.969. The van der Waals surface area contributed by atoms with Crippen LogP contribution in [0.4, 0.5) is 0 Å². The molecule has 1 aromatic rings. The Morgan fingerprint density at radius 3 is 2.10 bits per heavy atom. The topological polar surface area (TPSA) is 3.24 Å². The molecule has 21 heavy (non-hydrogen) atoms. The first-order chi connectivity index (χ1) is 10.3. The van der Waals surface area contributed by atoms with E-state index in [-0.39, 0.29) is 0 Å². The van der Waals surface area contributed by atoms with E-state index in [1.807, 2.05) is 0 Å². The summed E-state index contributed by atoms with van der Waals surface area (Å²) in [5.74, 6) is 5.69. The lowest BCUT2D eigenvalue weighted by Crippen LogP contribution is -2.29. The normalized spacial score (nSPS) is 26.0. The van der Waals surface area contributed by atoms with Gasteiger partial charge in [0, 0.05) is 35.9 Å². The number of hydrogen-bond acceptors (Lipinski definition) is 1. The zero-order chi connectivity index (χ0) is 14.2. The molecule has 104 valence electrons. The van der Waals surface area contributed by atoms with Crippen molar-refractivity contribution in [1.82, 2.24) is 4.90 Å². The smallest absolute Gasteiger partial charge is 0.0245 e. The summed E-state index contributed by atoms with van der Waals surface area (Å²) in [5, 5.41) is 0. The highest BCUT2D eigenvalue weighted by Crippen LogP contribution is 2.51. The third kappa shape index (κ3) is 2.82. The average molecular weight is 338 g/mol. The summed E-state index contributed by atoms with van der Waals surface area (Å²) in [7, 11) is 0. The van der Waals surface area contributed by atoms with Gasteiger partial charge in [-0.15, -0.1) is 0 Å². The van der Waals surface area contributed by atoms with E-state index in [2.05, 4.69) is 83.6 Å². The third-order valence-corrected chi connectivity index (χ3v) is 5.02. The number of halogens is 1. The van der Waals surface area contributed by atoms with Crippen molar-refractivity contribution in [3.05, 3.63) is 96.5 Å². The van der Waals surface area contributed by atoms with Gasteiger partial charge >= 0.3 is 0 Å². The van der Waals surface area contributed by atoms with Gasteiger partial charge < -0.3 is 0 Å².